The molecule has 1 aliphatic rings. The molecule has 22 heavy (non-hydrogen) atoms. The van der Waals surface area contributed by atoms with Crippen molar-refractivity contribution in [3.63, 3.8) is 0 Å². The molecule has 1 aromatic carbocycles. The maximum atomic E-state index is 6.07. The van der Waals surface area contributed by atoms with Crippen LogP contribution < -0.4 is 0 Å². The summed E-state index contributed by atoms with van der Waals surface area (Å²) >= 11 is 0. The molecule has 0 saturated carbocycles. The zero-order valence-corrected chi connectivity index (χ0v) is 15.6. The Morgan fingerprint density at radius 3 is 2.09 bits per heavy atom. The molecule has 1 aliphatic heterocycles. The van der Waals surface area contributed by atoms with Crippen molar-refractivity contribution in [3.8, 4) is 0 Å². The second kappa shape index (κ2) is 7.26. The maximum absolute atomic E-state index is 6.07. The van der Waals surface area contributed by atoms with Crippen molar-refractivity contribution in [1.82, 2.24) is 0 Å². The number of hydrogen-bond donors (Lipinski definition) is 0. The van der Waals surface area contributed by atoms with E-state index in [-0.39, 0.29) is 17.8 Å². The summed E-state index contributed by atoms with van der Waals surface area (Å²) < 4.78 is 11.8. The lowest BCUT2D eigenvalue weighted by Gasteiger charge is -2.29. The minimum atomic E-state index is -1.74. The average Bonchev–Trinajstić information content (AvgIpc) is 3.15. The predicted octanol–water partition coefficient (Wildman–Crippen LogP) is 5.25. The molecule has 0 spiro atoms. The van der Waals surface area contributed by atoms with E-state index in [4.69, 9.17) is 14.2 Å². The molecular formula is C18H30O3Si. The van der Waals surface area contributed by atoms with Crippen LogP contribution in [0.1, 0.15) is 52.7 Å². The lowest BCUT2D eigenvalue weighted by Crippen LogP contribution is -2.36. The minimum absolute atomic E-state index is 0.0226. The molecule has 1 heterocycles. The smallest absolute Gasteiger partial charge is 0.238 e. The Morgan fingerprint density at radius 1 is 1.09 bits per heavy atom. The van der Waals surface area contributed by atoms with E-state index in [2.05, 4.69) is 58.9 Å². The second-order valence-electron chi connectivity index (χ2n) is 6.77. The highest BCUT2D eigenvalue weighted by Crippen LogP contribution is 2.42. The molecule has 0 aliphatic carbocycles. The van der Waals surface area contributed by atoms with E-state index in [1.165, 1.54) is 5.56 Å². The summed E-state index contributed by atoms with van der Waals surface area (Å²) in [5.74, 6) is 0. The number of hydrogen-bond acceptors (Lipinski definition) is 3. The molecule has 4 heteroatoms. The van der Waals surface area contributed by atoms with Crippen LogP contribution in [0.5, 0.6) is 0 Å². The van der Waals surface area contributed by atoms with E-state index < -0.39 is 8.32 Å². The number of epoxide rings is 1. The Kier molecular flexibility index (Phi) is 5.83. The van der Waals surface area contributed by atoms with Crippen molar-refractivity contribution < 1.29 is 14.2 Å². The van der Waals surface area contributed by atoms with Gasteiger partial charge in [0.05, 0.1) is 11.7 Å². The monoisotopic (exact) mass is 322 g/mol. The summed E-state index contributed by atoms with van der Waals surface area (Å²) in [6.07, 6.45) is 1.05. The van der Waals surface area contributed by atoms with Crippen LogP contribution in [0.2, 0.25) is 18.1 Å². The van der Waals surface area contributed by atoms with Gasteiger partial charge in [-0.15, -0.1) is 0 Å². The summed E-state index contributed by atoms with van der Waals surface area (Å²) in [6, 6.07) is 13.6. The van der Waals surface area contributed by atoms with Gasteiger partial charge in [0.1, 0.15) is 6.10 Å². The highest BCUT2D eigenvalue weighted by molar-refractivity contribution is 6.73. The van der Waals surface area contributed by atoms with Gasteiger partial charge < -0.3 is 4.74 Å². The van der Waals surface area contributed by atoms with Gasteiger partial charge in [0.15, 0.2) is 0 Å². The molecule has 0 N–H and O–H groups in total. The summed E-state index contributed by atoms with van der Waals surface area (Å²) in [4.78, 5) is 5.99. The first kappa shape index (κ1) is 17.7. The average molecular weight is 323 g/mol. The van der Waals surface area contributed by atoms with Crippen molar-refractivity contribution in [2.24, 2.45) is 0 Å². The van der Waals surface area contributed by atoms with Crippen LogP contribution in [-0.4, -0.2) is 20.0 Å². The quantitative estimate of drug-likeness (QED) is 0.269. The van der Waals surface area contributed by atoms with Gasteiger partial charge in [0, 0.05) is 6.42 Å². The largest absolute Gasteiger partial charge is 0.367 e. The number of ether oxygens (including phenoxy) is 1. The van der Waals surface area contributed by atoms with Gasteiger partial charge in [-0.1, -0.05) is 51.1 Å². The fraction of sp³-hybridized carbons (Fsp3) is 0.667. The molecule has 0 radical (unpaired) electrons. The fourth-order valence-electron chi connectivity index (χ4n) is 2.84. The van der Waals surface area contributed by atoms with E-state index in [1.807, 2.05) is 6.07 Å². The van der Waals surface area contributed by atoms with Crippen LogP contribution in [0, 0.1) is 0 Å². The zero-order valence-electron chi connectivity index (χ0n) is 14.6. The third-order valence-corrected chi connectivity index (χ3v) is 9.35. The van der Waals surface area contributed by atoms with Crippen LogP contribution in [0.25, 0.3) is 0 Å². The topological polar surface area (TPSA) is 31.0 Å². The minimum Gasteiger partial charge on any atom is -0.367 e. The molecule has 2 atom stereocenters. The standard InChI is InChI=1S/C18H30O3Si/c1-6-22(7-2,8-3)21-20-16(14-17-18(4,5)19-17)15-12-10-9-11-13-15/h9-13,16-17H,6-8,14H2,1-5H3. The molecule has 3 nitrogen and oxygen atoms in total. The third kappa shape index (κ3) is 4.19. The Bertz CT molecular complexity index is 448. The number of benzene rings is 1. The van der Waals surface area contributed by atoms with Crippen LogP contribution >= 0.6 is 0 Å². The second-order valence-corrected chi connectivity index (χ2v) is 11.4. The van der Waals surface area contributed by atoms with Crippen molar-refractivity contribution in [2.75, 3.05) is 0 Å². The first-order valence-electron chi connectivity index (χ1n) is 8.53. The normalized spacial score (nSPS) is 21.6. The van der Waals surface area contributed by atoms with Crippen molar-refractivity contribution in [1.29, 1.82) is 0 Å². The Morgan fingerprint density at radius 2 is 1.64 bits per heavy atom. The molecule has 0 aromatic heterocycles. The summed E-state index contributed by atoms with van der Waals surface area (Å²) in [7, 11) is -1.74. The molecular weight excluding hydrogens is 292 g/mol. The lowest BCUT2D eigenvalue weighted by molar-refractivity contribution is -0.262. The van der Waals surface area contributed by atoms with E-state index >= 15 is 0 Å². The zero-order chi connectivity index (χ0) is 16.2. The van der Waals surface area contributed by atoms with Gasteiger partial charge in [0.25, 0.3) is 0 Å². The molecule has 0 amide bonds. The highest BCUT2D eigenvalue weighted by Gasteiger charge is 2.49. The maximum Gasteiger partial charge on any atom is 0.238 e. The van der Waals surface area contributed by atoms with Crippen LogP contribution in [0.4, 0.5) is 0 Å². The molecule has 2 rings (SSSR count). The van der Waals surface area contributed by atoms with Gasteiger partial charge >= 0.3 is 0 Å². The Balaban J connectivity index is 2.05. The first-order valence-corrected chi connectivity index (χ1v) is 11.1. The highest BCUT2D eigenvalue weighted by atomic mass is 28.4. The predicted molar refractivity (Wildman–Crippen MR) is 92.1 cm³/mol. The van der Waals surface area contributed by atoms with Gasteiger partial charge in [-0.05, 0) is 37.5 Å². The summed E-state index contributed by atoms with van der Waals surface area (Å²) in [6.45, 7) is 10.9. The molecule has 1 saturated heterocycles. The molecule has 2 unspecified atom stereocenters. The van der Waals surface area contributed by atoms with E-state index in [0.717, 1.165) is 24.6 Å². The third-order valence-electron chi connectivity index (χ3n) is 5.04. The lowest BCUT2D eigenvalue weighted by atomic mass is 10.00. The molecule has 124 valence electrons. The van der Waals surface area contributed by atoms with Crippen molar-refractivity contribution in [2.45, 2.75) is 77.0 Å². The van der Waals surface area contributed by atoms with E-state index in [1.54, 1.807) is 0 Å². The van der Waals surface area contributed by atoms with Gasteiger partial charge in [-0.25, -0.2) is 4.89 Å². The van der Waals surface area contributed by atoms with Gasteiger partial charge in [-0.3, -0.25) is 4.58 Å². The van der Waals surface area contributed by atoms with Crippen LogP contribution in [0.3, 0.4) is 0 Å². The molecule has 0 bridgehead atoms. The van der Waals surface area contributed by atoms with E-state index in [9.17, 15) is 0 Å². The number of rotatable bonds is 9. The van der Waals surface area contributed by atoms with Crippen molar-refractivity contribution >= 4 is 8.32 Å². The van der Waals surface area contributed by atoms with Crippen LogP contribution in [0.15, 0.2) is 30.3 Å². The van der Waals surface area contributed by atoms with E-state index in [0.29, 0.717) is 0 Å². The molecule has 1 fully saturated rings. The fourth-order valence-corrected chi connectivity index (χ4v) is 5.02. The first-order chi connectivity index (χ1) is 10.5. The Labute approximate surface area is 136 Å². The summed E-state index contributed by atoms with van der Waals surface area (Å²) in [5.41, 5.74) is 1.14. The van der Waals surface area contributed by atoms with Gasteiger partial charge in [-0.2, -0.15) is 0 Å². The van der Waals surface area contributed by atoms with Crippen molar-refractivity contribution in [3.05, 3.63) is 35.9 Å². The van der Waals surface area contributed by atoms with Crippen LogP contribution in [-0.2, 0) is 14.2 Å². The SMILES string of the molecule is CC[Si](CC)(CC)OOC(CC1OC1(C)C)c1ccccc1. The molecule has 1 aromatic rings. The Hall–Kier alpha value is -0.683. The van der Waals surface area contributed by atoms with Gasteiger partial charge in [0.2, 0.25) is 8.32 Å². The summed E-state index contributed by atoms with van der Waals surface area (Å²) in [5, 5.41) is 0.